The summed E-state index contributed by atoms with van der Waals surface area (Å²) in [4.78, 5) is 27.4. The molecule has 7 nitrogen and oxygen atoms in total. The first-order chi connectivity index (χ1) is 18.3. The van der Waals surface area contributed by atoms with Crippen molar-refractivity contribution in [2.24, 2.45) is 0 Å². The highest BCUT2D eigenvalue weighted by atomic mass is 127. The van der Waals surface area contributed by atoms with Crippen molar-refractivity contribution in [3.63, 3.8) is 0 Å². The lowest BCUT2D eigenvalue weighted by Gasteiger charge is -2.15. The molecule has 2 aliphatic rings. The van der Waals surface area contributed by atoms with E-state index in [1.165, 1.54) is 0 Å². The van der Waals surface area contributed by atoms with Gasteiger partial charge in [0.15, 0.2) is 23.0 Å². The van der Waals surface area contributed by atoms with Crippen molar-refractivity contribution < 1.29 is 28.5 Å². The fourth-order valence-electron chi connectivity index (χ4n) is 3.88. The van der Waals surface area contributed by atoms with Crippen LogP contribution >= 0.6 is 57.6 Å². The fourth-order valence-corrected chi connectivity index (χ4v) is 5.90. The summed E-state index contributed by atoms with van der Waals surface area (Å²) in [7, 11) is 0. The van der Waals surface area contributed by atoms with Crippen LogP contribution in [0.5, 0.6) is 23.0 Å². The molecule has 0 N–H and O–H groups in total. The van der Waals surface area contributed by atoms with Gasteiger partial charge in [-0.1, -0.05) is 41.4 Å². The molecule has 0 radical (unpaired) electrons. The largest absolute Gasteiger partial charge is 0.490 e. The molecule has 0 saturated carbocycles. The molecule has 0 atom stereocenters. The molecule has 5 rings (SSSR count). The number of halogens is 3. The molecule has 3 aromatic rings. The summed E-state index contributed by atoms with van der Waals surface area (Å²) >= 11 is 15.7. The molecule has 38 heavy (non-hydrogen) atoms. The van der Waals surface area contributed by atoms with Gasteiger partial charge in [0.05, 0.1) is 21.6 Å². The smallest absolute Gasteiger partial charge is 0.293 e. The average Bonchev–Trinajstić information content (AvgIpc) is 3.44. The Bertz CT molecular complexity index is 1460. The number of amides is 2. The van der Waals surface area contributed by atoms with Crippen LogP contribution in [0.1, 0.15) is 23.6 Å². The normalized spacial score (nSPS) is 15.5. The molecule has 2 heterocycles. The van der Waals surface area contributed by atoms with Gasteiger partial charge in [-0.25, -0.2) is 0 Å². The van der Waals surface area contributed by atoms with Gasteiger partial charge in [-0.3, -0.25) is 14.5 Å². The predicted octanol–water partition coefficient (Wildman–Crippen LogP) is 7.54. The summed E-state index contributed by atoms with van der Waals surface area (Å²) < 4.78 is 23.4. The number of fused-ring (bicyclic) bond motifs is 1. The van der Waals surface area contributed by atoms with Gasteiger partial charge < -0.3 is 18.9 Å². The van der Waals surface area contributed by atoms with Crippen LogP contribution in [0.25, 0.3) is 6.08 Å². The number of ether oxygens (including phenoxy) is 4. The third kappa shape index (κ3) is 5.70. The highest BCUT2D eigenvalue weighted by Crippen LogP contribution is 2.41. The lowest BCUT2D eigenvalue weighted by Crippen LogP contribution is -2.27. The third-order valence-corrected chi connectivity index (χ3v) is 8.13. The molecule has 0 unspecified atom stereocenters. The highest BCUT2D eigenvalue weighted by Gasteiger charge is 2.36. The molecule has 11 heteroatoms. The maximum atomic E-state index is 13.2. The molecule has 2 amide bonds. The Morgan fingerprint density at radius 3 is 2.55 bits per heavy atom. The molecule has 0 spiro atoms. The number of carbonyl (C=O) groups is 2. The number of nitrogens with zero attached hydrogens (tertiary/aromatic N) is 1. The number of thioether (sulfide) groups is 1. The molecule has 0 aromatic heterocycles. The van der Waals surface area contributed by atoms with Gasteiger partial charge in [0, 0.05) is 21.7 Å². The van der Waals surface area contributed by atoms with E-state index in [-0.39, 0.29) is 25.2 Å². The number of carbonyl (C=O) groups excluding carboxylic acids is 2. The van der Waals surface area contributed by atoms with Crippen molar-refractivity contribution in [1.29, 1.82) is 0 Å². The zero-order valence-electron chi connectivity index (χ0n) is 20.0. The number of rotatable bonds is 8. The Morgan fingerprint density at radius 2 is 1.79 bits per heavy atom. The fraction of sp³-hybridized carbons (Fsp3) is 0.185. The van der Waals surface area contributed by atoms with Crippen LogP contribution in [0.2, 0.25) is 10.0 Å². The maximum Gasteiger partial charge on any atom is 0.293 e. The van der Waals surface area contributed by atoms with Crippen molar-refractivity contribution in [2.75, 3.05) is 13.4 Å². The molecule has 3 aromatic carbocycles. The standard InChI is InChI=1S/C27H20Cl2INO6S/c1-2-34-23-8-15(7-20(30)25(23)35-13-16-5-3-4-6-18(16)28)9-24-26(32)31(27(33)38-24)12-17-10-21-22(11-19(17)29)37-14-36-21/h3-11H,2,12-14H2,1H3/b24-9-. The minimum Gasteiger partial charge on any atom is -0.490 e. The second kappa shape index (κ2) is 11.6. The minimum atomic E-state index is -0.402. The monoisotopic (exact) mass is 683 g/mol. The van der Waals surface area contributed by atoms with Crippen LogP contribution in [0.3, 0.4) is 0 Å². The number of hydrogen-bond acceptors (Lipinski definition) is 7. The molecule has 2 aliphatic heterocycles. The van der Waals surface area contributed by atoms with E-state index in [4.69, 9.17) is 42.1 Å². The summed E-state index contributed by atoms with van der Waals surface area (Å²) in [6.45, 7) is 2.70. The van der Waals surface area contributed by atoms with E-state index in [9.17, 15) is 9.59 Å². The van der Waals surface area contributed by atoms with Gasteiger partial charge in [-0.05, 0) is 82.7 Å². The minimum absolute atomic E-state index is 0.0219. The summed E-state index contributed by atoms with van der Waals surface area (Å²) in [5.74, 6) is 1.77. The molecular formula is C27H20Cl2INO6S. The van der Waals surface area contributed by atoms with Crippen molar-refractivity contribution in [3.05, 3.63) is 83.7 Å². The Balaban J connectivity index is 1.37. The van der Waals surface area contributed by atoms with Crippen LogP contribution in [0, 0.1) is 3.57 Å². The summed E-state index contributed by atoms with van der Waals surface area (Å²) in [5.41, 5.74) is 2.15. The van der Waals surface area contributed by atoms with Crippen LogP contribution in [-0.4, -0.2) is 29.4 Å². The molecule has 1 saturated heterocycles. The van der Waals surface area contributed by atoms with Crippen molar-refractivity contribution in [3.8, 4) is 23.0 Å². The van der Waals surface area contributed by atoms with Crippen LogP contribution in [0.4, 0.5) is 4.79 Å². The van der Waals surface area contributed by atoms with E-state index in [1.54, 1.807) is 24.3 Å². The lowest BCUT2D eigenvalue weighted by molar-refractivity contribution is -0.123. The Kier molecular flexibility index (Phi) is 8.27. The Morgan fingerprint density at radius 1 is 1.03 bits per heavy atom. The summed E-state index contributed by atoms with van der Waals surface area (Å²) in [6.07, 6.45) is 1.68. The van der Waals surface area contributed by atoms with E-state index in [2.05, 4.69) is 22.6 Å². The van der Waals surface area contributed by atoms with Gasteiger partial charge >= 0.3 is 0 Å². The van der Waals surface area contributed by atoms with Crippen LogP contribution in [0.15, 0.2) is 53.4 Å². The van der Waals surface area contributed by atoms with Gasteiger partial charge in [-0.15, -0.1) is 0 Å². The van der Waals surface area contributed by atoms with Gasteiger partial charge in [0.25, 0.3) is 11.1 Å². The Hall–Kier alpha value is -2.60. The van der Waals surface area contributed by atoms with E-state index in [0.29, 0.717) is 55.7 Å². The molecule has 0 bridgehead atoms. The molecule has 0 aliphatic carbocycles. The molecular weight excluding hydrogens is 664 g/mol. The summed E-state index contributed by atoms with van der Waals surface area (Å²) in [6, 6.07) is 14.4. The number of imide groups is 1. The quantitative estimate of drug-likeness (QED) is 0.179. The van der Waals surface area contributed by atoms with E-state index < -0.39 is 5.91 Å². The predicted molar refractivity (Wildman–Crippen MR) is 155 cm³/mol. The van der Waals surface area contributed by atoms with E-state index in [1.807, 2.05) is 37.3 Å². The average molecular weight is 684 g/mol. The SMILES string of the molecule is CCOc1cc(/C=C2\SC(=O)N(Cc3cc4c(cc3Cl)OCO4)C2=O)cc(I)c1OCc1ccccc1Cl. The zero-order valence-corrected chi connectivity index (χ0v) is 24.4. The van der Waals surface area contributed by atoms with Crippen molar-refractivity contribution in [1.82, 2.24) is 4.90 Å². The first-order valence-corrected chi connectivity index (χ1v) is 14.1. The van der Waals surface area contributed by atoms with Crippen molar-refractivity contribution >= 4 is 74.8 Å². The summed E-state index contributed by atoms with van der Waals surface area (Å²) in [5, 5.41) is 0.629. The van der Waals surface area contributed by atoms with E-state index >= 15 is 0 Å². The lowest BCUT2D eigenvalue weighted by atomic mass is 10.1. The van der Waals surface area contributed by atoms with Gasteiger partial charge in [0.2, 0.25) is 6.79 Å². The van der Waals surface area contributed by atoms with E-state index in [0.717, 1.165) is 25.8 Å². The van der Waals surface area contributed by atoms with Gasteiger partial charge in [0.1, 0.15) is 6.61 Å². The third-order valence-electron chi connectivity index (χ3n) is 5.70. The maximum absolute atomic E-state index is 13.2. The second-order valence-corrected chi connectivity index (χ2v) is 11.2. The van der Waals surface area contributed by atoms with Crippen LogP contribution < -0.4 is 18.9 Å². The molecule has 196 valence electrons. The van der Waals surface area contributed by atoms with Crippen LogP contribution in [-0.2, 0) is 17.9 Å². The first-order valence-electron chi connectivity index (χ1n) is 11.5. The molecule has 1 fully saturated rings. The highest BCUT2D eigenvalue weighted by molar-refractivity contribution is 14.1. The number of hydrogen-bond donors (Lipinski definition) is 0. The first kappa shape index (κ1) is 27.0. The number of benzene rings is 3. The zero-order chi connectivity index (χ0) is 26.8. The van der Waals surface area contributed by atoms with Gasteiger partial charge in [-0.2, -0.15) is 0 Å². The second-order valence-electron chi connectivity index (χ2n) is 8.21. The Labute approximate surface area is 247 Å². The van der Waals surface area contributed by atoms with Crippen molar-refractivity contribution in [2.45, 2.75) is 20.1 Å². The topological polar surface area (TPSA) is 74.3 Å².